The number of hydrogen-bond acceptors (Lipinski definition) is 2. The van der Waals surface area contributed by atoms with Gasteiger partial charge in [0.2, 0.25) is 5.91 Å². The number of amides is 1. The molecular weight excluding hydrogens is 344 g/mol. The van der Waals surface area contributed by atoms with Gasteiger partial charge in [-0.1, -0.05) is 109 Å². The summed E-state index contributed by atoms with van der Waals surface area (Å²) in [6.45, 7) is 3.64. The van der Waals surface area contributed by atoms with Crippen molar-refractivity contribution in [1.29, 1.82) is 0 Å². The highest BCUT2D eigenvalue weighted by atomic mass is 16.2. The van der Waals surface area contributed by atoms with Gasteiger partial charge in [-0.05, 0) is 25.1 Å². The summed E-state index contributed by atoms with van der Waals surface area (Å²) in [5.41, 5.74) is 0.950. The number of likely N-dealkylation sites (N-methyl/N-ethyl adjacent to an activating group) is 1. The fourth-order valence-corrected chi connectivity index (χ4v) is 3.55. The topological polar surface area (TPSA) is 32.3 Å². The molecule has 1 N–H and O–H groups in total. The lowest BCUT2D eigenvalue weighted by atomic mass is 10.0. The van der Waals surface area contributed by atoms with Gasteiger partial charge in [-0.15, -0.1) is 0 Å². The number of carbonyl (C=O) groups excluding carboxylic acids is 1. The highest BCUT2D eigenvalue weighted by molar-refractivity contribution is 5.94. The van der Waals surface area contributed by atoms with E-state index < -0.39 is 0 Å². The van der Waals surface area contributed by atoms with E-state index in [1.54, 1.807) is 4.90 Å². The SMILES string of the molecule is CCCCCCCCCCCCCCCCNCC(=O)N(C)c1ccccc1. The fraction of sp³-hybridized carbons (Fsp3) is 0.720. The van der Waals surface area contributed by atoms with Gasteiger partial charge >= 0.3 is 0 Å². The number of benzene rings is 1. The van der Waals surface area contributed by atoms with Gasteiger partial charge < -0.3 is 10.2 Å². The Kier molecular flexibility index (Phi) is 15.6. The lowest BCUT2D eigenvalue weighted by Gasteiger charge is -2.17. The van der Waals surface area contributed by atoms with Gasteiger partial charge in [0.25, 0.3) is 0 Å². The summed E-state index contributed by atoms with van der Waals surface area (Å²) in [5, 5.41) is 3.29. The van der Waals surface area contributed by atoms with Gasteiger partial charge in [0.05, 0.1) is 6.54 Å². The first-order chi connectivity index (χ1) is 13.8. The maximum Gasteiger partial charge on any atom is 0.240 e. The normalized spacial score (nSPS) is 10.9. The number of carbonyl (C=O) groups is 1. The van der Waals surface area contributed by atoms with Crippen molar-refractivity contribution in [2.24, 2.45) is 0 Å². The van der Waals surface area contributed by atoms with Crippen LogP contribution < -0.4 is 10.2 Å². The van der Waals surface area contributed by atoms with Gasteiger partial charge in [0, 0.05) is 12.7 Å². The predicted octanol–water partition coefficient (Wildman–Crippen LogP) is 6.72. The monoisotopic (exact) mass is 388 g/mol. The summed E-state index contributed by atoms with van der Waals surface area (Å²) in [7, 11) is 1.84. The van der Waals surface area contributed by atoms with Gasteiger partial charge in [-0.25, -0.2) is 0 Å². The third-order valence-electron chi connectivity index (χ3n) is 5.50. The molecule has 0 fully saturated rings. The molecule has 0 spiro atoms. The summed E-state index contributed by atoms with van der Waals surface area (Å²) in [6, 6.07) is 9.81. The van der Waals surface area contributed by atoms with Crippen molar-refractivity contribution in [3.05, 3.63) is 30.3 Å². The van der Waals surface area contributed by atoms with Crippen LogP contribution in [0.3, 0.4) is 0 Å². The predicted molar refractivity (Wildman–Crippen MR) is 123 cm³/mol. The maximum atomic E-state index is 12.2. The van der Waals surface area contributed by atoms with E-state index in [0.29, 0.717) is 6.54 Å². The number of hydrogen-bond donors (Lipinski definition) is 1. The second-order valence-corrected chi connectivity index (χ2v) is 8.06. The molecule has 0 aliphatic rings. The minimum atomic E-state index is 0.122. The molecule has 160 valence electrons. The van der Waals surface area contributed by atoms with Crippen LogP contribution in [0, 0.1) is 0 Å². The van der Waals surface area contributed by atoms with Crippen molar-refractivity contribution in [3.63, 3.8) is 0 Å². The van der Waals surface area contributed by atoms with E-state index in [4.69, 9.17) is 0 Å². The molecule has 1 amide bonds. The summed E-state index contributed by atoms with van der Waals surface area (Å²) in [5.74, 6) is 0.122. The van der Waals surface area contributed by atoms with E-state index in [-0.39, 0.29) is 5.91 Å². The zero-order valence-corrected chi connectivity index (χ0v) is 18.6. The Bertz CT molecular complexity index is 475. The van der Waals surface area contributed by atoms with E-state index in [1.807, 2.05) is 37.4 Å². The molecule has 3 heteroatoms. The van der Waals surface area contributed by atoms with Crippen molar-refractivity contribution in [1.82, 2.24) is 5.32 Å². The Morgan fingerprint density at radius 3 is 1.71 bits per heavy atom. The van der Waals surface area contributed by atoms with Gasteiger partial charge in [0.1, 0.15) is 0 Å². The molecule has 1 aromatic rings. The Morgan fingerprint density at radius 1 is 0.750 bits per heavy atom. The number of anilines is 1. The highest BCUT2D eigenvalue weighted by Crippen LogP contribution is 2.13. The number of nitrogens with one attached hydrogen (secondary N) is 1. The number of rotatable bonds is 18. The number of nitrogens with zero attached hydrogens (tertiary/aromatic N) is 1. The second kappa shape index (κ2) is 17.7. The standard InChI is InChI=1S/C25H44N2O/c1-3-4-5-6-7-8-9-10-11-12-13-14-15-19-22-26-23-25(28)27(2)24-20-17-16-18-21-24/h16-18,20-21,26H,3-15,19,22-23H2,1-2H3. The minimum Gasteiger partial charge on any atom is -0.314 e. The lowest BCUT2D eigenvalue weighted by Crippen LogP contribution is -2.35. The molecule has 0 saturated carbocycles. The molecule has 0 unspecified atom stereocenters. The van der Waals surface area contributed by atoms with Crippen LogP contribution >= 0.6 is 0 Å². The minimum absolute atomic E-state index is 0.122. The first-order valence-corrected chi connectivity index (χ1v) is 11.8. The zero-order valence-electron chi connectivity index (χ0n) is 18.6. The summed E-state index contributed by atoms with van der Waals surface area (Å²) >= 11 is 0. The van der Waals surface area contributed by atoms with Gasteiger partial charge in [0.15, 0.2) is 0 Å². The largest absolute Gasteiger partial charge is 0.314 e. The molecule has 1 rings (SSSR count). The quantitative estimate of drug-likeness (QED) is 0.283. The smallest absolute Gasteiger partial charge is 0.240 e. The molecule has 0 aromatic heterocycles. The Hall–Kier alpha value is -1.35. The van der Waals surface area contributed by atoms with Crippen LogP contribution in [0.2, 0.25) is 0 Å². The Morgan fingerprint density at radius 2 is 1.21 bits per heavy atom. The first-order valence-electron chi connectivity index (χ1n) is 11.8. The molecule has 0 aliphatic heterocycles. The summed E-state index contributed by atoms with van der Waals surface area (Å²) in [4.78, 5) is 13.9. The van der Waals surface area contributed by atoms with Crippen molar-refractivity contribution in [2.75, 3.05) is 25.0 Å². The molecule has 3 nitrogen and oxygen atoms in total. The van der Waals surface area contributed by atoms with E-state index in [1.165, 1.54) is 89.9 Å². The van der Waals surface area contributed by atoms with Crippen molar-refractivity contribution in [3.8, 4) is 0 Å². The molecule has 1 aromatic carbocycles. The van der Waals surface area contributed by atoms with Crippen LogP contribution in [-0.4, -0.2) is 26.0 Å². The molecule has 0 radical (unpaired) electrons. The number of para-hydroxylation sites is 1. The van der Waals surface area contributed by atoms with Crippen molar-refractivity contribution >= 4 is 11.6 Å². The van der Waals surface area contributed by atoms with Gasteiger partial charge in [-0.2, -0.15) is 0 Å². The second-order valence-electron chi connectivity index (χ2n) is 8.06. The fourth-order valence-electron chi connectivity index (χ4n) is 3.55. The highest BCUT2D eigenvalue weighted by Gasteiger charge is 2.09. The average Bonchev–Trinajstić information content (AvgIpc) is 2.73. The van der Waals surface area contributed by atoms with Crippen molar-refractivity contribution < 1.29 is 4.79 Å². The molecule has 0 saturated heterocycles. The van der Waals surface area contributed by atoms with Crippen LogP contribution in [-0.2, 0) is 4.79 Å². The third kappa shape index (κ3) is 12.9. The molecular formula is C25H44N2O. The van der Waals surface area contributed by atoms with Gasteiger partial charge in [-0.3, -0.25) is 4.79 Å². The molecule has 0 atom stereocenters. The van der Waals surface area contributed by atoms with Crippen LogP contribution in [0.5, 0.6) is 0 Å². The summed E-state index contributed by atoms with van der Waals surface area (Å²) < 4.78 is 0. The molecule has 28 heavy (non-hydrogen) atoms. The Labute approximate surface area is 174 Å². The Balaban J connectivity index is 1.82. The van der Waals surface area contributed by atoms with Crippen LogP contribution in [0.15, 0.2) is 30.3 Å². The molecule has 0 bridgehead atoms. The maximum absolute atomic E-state index is 12.2. The average molecular weight is 389 g/mol. The van der Waals surface area contributed by atoms with E-state index in [9.17, 15) is 4.79 Å². The molecule has 0 heterocycles. The van der Waals surface area contributed by atoms with E-state index in [0.717, 1.165) is 12.2 Å². The zero-order chi connectivity index (χ0) is 20.3. The lowest BCUT2D eigenvalue weighted by molar-refractivity contribution is -0.117. The third-order valence-corrected chi connectivity index (χ3v) is 5.50. The van der Waals surface area contributed by atoms with Crippen LogP contribution in [0.1, 0.15) is 96.8 Å². The summed E-state index contributed by atoms with van der Waals surface area (Å²) in [6.07, 6.45) is 19.3. The van der Waals surface area contributed by atoms with Crippen LogP contribution in [0.4, 0.5) is 5.69 Å². The first kappa shape index (κ1) is 24.7. The van der Waals surface area contributed by atoms with E-state index >= 15 is 0 Å². The molecule has 0 aliphatic carbocycles. The van der Waals surface area contributed by atoms with E-state index in [2.05, 4.69) is 12.2 Å². The van der Waals surface area contributed by atoms with Crippen LogP contribution in [0.25, 0.3) is 0 Å². The van der Waals surface area contributed by atoms with Crippen molar-refractivity contribution in [2.45, 2.75) is 96.8 Å². The number of unbranched alkanes of at least 4 members (excludes halogenated alkanes) is 13.